The molecule has 0 radical (unpaired) electrons. The largest absolute Gasteiger partial charge is 0.389 e. The Morgan fingerprint density at radius 1 is 1.29 bits per heavy atom. The van der Waals surface area contributed by atoms with E-state index in [0.717, 1.165) is 5.69 Å². The third-order valence-electron chi connectivity index (χ3n) is 2.19. The average molecular weight is 262 g/mol. The molecule has 5 heteroatoms. The van der Waals surface area contributed by atoms with E-state index < -0.39 is 0 Å². The fraction of sp³-hybridized carbons (Fsp3) is 0. The van der Waals surface area contributed by atoms with E-state index in [0.29, 0.717) is 11.1 Å². The Labute approximate surface area is 108 Å². The van der Waals surface area contributed by atoms with Crippen LogP contribution < -0.4 is 11.1 Å². The van der Waals surface area contributed by atoms with Crippen LogP contribution in [0.15, 0.2) is 41.1 Å². The van der Waals surface area contributed by atoms with Gasteiger partial charge in [0.2, 0.25) is 0 Å². The van der Waals surface area contributed by atoms with Gasteiger partial charge in [0, 0.05) is 16.5 Å². The number of carbonyl (C=O) groups is 1. The number of nitrogens with one attached hydrogen (secondary N) is 1. The predicted octanol–water partition coefficient (Wildman–Crippen LogP) is 2.63. The van der Waals surface area contributed by atoms with E-state index in [4.69, 9.17) is 18.0 Å². The minimum atomic E-state index is -0.165. The Bertz CT molecular complexity index is 549. The SMILES string of the molecule is NC(=S)c1cccc(C(=O)Nc2ccsc2)c1. The number of hydrogen-bond acceptors (Lipinski definition) is 3. The lowest BCUT2D eigenvalue weighted by molar-refractivity contribution is 0.102. The fourth-order valence-electron chi connectivity index (χ4n) is 1.35. The quantitative estimate of drug-likeness (QED) is 0.836. The summed E-state index contributed by atoms with van der Waals surface area (Å²) < 4.78 is 0. The molecule has 86 valence electrons. The highest BCUT2D eigenvalue weighted by Crippen LogP contribution is 2.14. The molecule has 1 aromatic heterocycles. The number of amides is 1. The Kier molecular flexibility index (Phi) is 3.51. The van der Waals surface area contributed by atoms with Crippen molar-refractivity contribution in [2.24, 2.45) is 5.73 Å². The molecule has 1 heterocycles. The summed E-state index contributed by atoms with van der Waals surface area (Å²) in [6, 6.07) is 8.80. The van der Waals surface area contributed by atoms with Gasteiger partial charge in [-0.25, -0.2) is 0 Å². The van der Waals surface area contributed by atoms with Gasteiger partial charge in [0.1, 0.15) is 4.99 Å². The number of anilines is 1. The summed E-state index contributed by atoms with van der Waals surface area (Å²) >= 11 is 6.40. The van der Waals surface area contributed by atoms with E-state index >= 15 is 0 Å². The molecule has 1 aromatic carbocycles. The van der Waals surface area contributed by atoms with Gasteiger partial charge >= 0.3 is 0 Å². The van der Waals surface area contributed by atoms with Crippen LogP contribution in [-0.4, -0.2) is 10.9 Å². The van der Waals surface area contributed by atoms with E-state index in [1.165, 1.54) is 11.3 Å². The molecule has 0 unspecified atom stereocenters. The highest BCUT2D eigenvalue weighted by molar-refractivity contribution is 7.80. The van der Waals surface area contributed by atoms with Crippen LogP contribution in [0.4, 0.5) is 5.69 Å². The first-order valence-electron chi connectivity index (χ1n) is 4.90. The van der Waals surface area contributed by atoms with Crippen molar-refractivity contribution in [1.29, 1.82) is 0 Å². The maximum Gasteiger partial charge on any atom is 0.255 e. The van der Waals surface area contributed by atoms with Crippen LogP contribution in [0.5, 0.6) is 0 Å². The predicted molar refractivity (Wildman–Crippen MR) is 74.6 cm³/mol. The van der Waals surface area contributed by atoms with Gasteiger partial charge in [0.05, 0.1) is 5.69 Å². The van der Waals surface area contributed by atoms with E-state index in [9.17, 15) is 4.79 Å². The second-order valence-electron chi connectivity index (χ2n) is 3.41. The first kappa shape index (κ1) is 11.8. The second-order valence-corrected chi connectivity index (χ2v) is 4.63. The van der Waals surface area contributed by atoms with Gasteiger partial charge in [-0.1, -0.05) is 24.4 Å². The van der Waals surface area contributed by atoms with E-state index in [-0.39, 0.29) is 10.9 Å². The van der Waals surface area contributed by atoms with E-state index in [1.807, 2.05) is 16.8 Å². The molecule has 0 spiro atoms. The molecule has 0 aliphatic heterocycles. The molecular weight excluding hydrogens is 252 g/mol. The van der Waals surface area contributed by atoms with Crippen molar-refractivity contribution in [3.05, 3.63) is 52.2 Å². The highest BCUT2D eigenvalue weighted by Gasteiger charge is 2.07. The minimum Gasteiger partial charge on any atom is -0.389 e. The number of thiocarbonyl (C=S) groups is 1. The lowest BCUT2D eigenvalue weighted by atomic mass is 10.1. The summed E-state index contributed by atoms with van der Waals surface area (Å²) in [6.07, 6.45) is 0. The zero-order valence-electron chi connectivity index (χ0n) is 8.84. The maximum absolute atomic E-state index is 11.9. The van der Waals surface area contributed by atoms with Crippen LogP contribution in [0, 0.1) is 0 Å². The topological polar surface area (TPSA) is 55.1 Å². The van der Waals surface area contributed by atoms with Crippen molar-refractivity contribution >= 4 is 40.1 Å². The summed E-state index contributed by atoms with van der Waals surface area (Å²) in [6.45, 7) is 0. The molecule has 0 bridgehead atoms. The van der Waals surface area contributed by atoms with Gasteiger partial charge in [0.15, 0.2) is 0 Å². The Hall–Kier alpha value is -1.72. The molecule has 0 aliphatic rings. The molecule has 0 fully saturated rings. The number of thiophene rings is 1. The van der Waals surface area contributed by atoms with Crippen molar-refractivity contribution in [3.63, 3.8) is 0 Å². The monoisotopic (exact) mass is 262 g/mol. The molecular formula is C12H10N2OS2. The standard InChI is InChI=1S/C12H10N2OS2/c13-11(16)8-2-1-3-9(6-8)12(15)14-10-4-5-17-7-10/h1-7H,(H2,13,16)(H,14,15). The molecule has 2 rings (SSSR count). The summed E-state index contributed by atoms with van der Waals surface area (Å²) in [4.78, 5) is 12.2. The van der Waals surface area contributed by atoms with Gasteiger partial charge in [-0.15, -0.1) is 0 Å². The molecule has 0 saturated carbocycles. The lowest BCUT2D eigenvalue weighted by Crippen LogP contribution is -2.14. The van der Waals surface area contributed by atoms with Gasteiger partial charge in [-0.05, 0) is 23.6 Å². The van der Waals surface area contributed by atoms with Gasteiger partial charge in [-0.3, -0.25) is 4.79 Å². The first-order chi connectivity index (χ1) is 8.16. The molecule has 17 heavy (non-hydrogen) atoms. The average Bonchev–Trinajstić information content (AvgIpc) is 2.82. The van der Waals surface area contributed by atoms with Crippen LogP contribution in [0.2, 0.25) is 0 Å². The second kappa shape index (κ2) is 5.07. The van der Waals surface area contributed by atoms with Gasteiger partial charge in [0.25, 0.3) is 5.91 Å². The Morgan fingerprint density at radius 3 is 2.71 bits per heavy atom. The Morgan fingerprint density at radius 2 is 2.06 bits per heavy atom. The third-order valence-corrected chi connectivity index (χ3v) is 3.11. The van der Waals surface area contributed by atoms with Crippen LogP contribution in [-0.2, 0) is 0 Å². The zero-order chi connectivity index (χ0) is 12.3. The van der Waals surface area contributed by atoms with Crippen molar-refractivity contribution in [2.75, 3.05) is 5.32 Å². The van der Waals surface area contributed by atoms with Crippen molar-refractivity contribution in [3.8, 4) is 0 Å². The van der Waals surface area contributed by atoms with Crippen molar-refractivity contribution < 1.29 is 4.79 Å². The summed E-state index contributed by atoms with van der Waals surface area (Å²) in [5.74, 6) is -0.165. The maximum atomic E-state index is 11.9. The third kappa shape index (κ3) is 2.89. The van der Waals surface area contributed by atoms with E-state index in [1.54, 1.807) is 24.3 Å². The van der Waals surface area contributed by atoms with Crippen LogP contribution in [0.25, 0.3) is 0 Å². The first-order valence-corrected chi connectivity index (χ1v) is 6.25. The summed E-state index contributed by atoms with van der Waals surface area (Å²) in [5.41, 5.74) is 7.55. The zero-order valence-corrected chi connectivity index (χ0v) is 10.5. The molecule has 1 amide bonds. The van der Waals surface area contributed by atoms with Gasteiger partial charge < -0.3 is 11.1 Å². The van der Waals surface area contributed by atoms with Crippen LogP contribution >= 0.6 is 23.6 Å². The smallest absolute Gasteiger partial charge is 0.255 e. The summed E-state index contributed by atoms with van der Waals surface area (Å²) in [5, 5.41) is 6.57. The fourth-order valence-corrected chi connectivity index (χ4v) is 2.07. The number of carbonyl (C=O) groups excluding carboxylic acids is 1. The van der Waals surface area contributed by atoms with Gasteiger partial charge in [-0.2, -0.15) is 11.3 Å². The van der Waals surface area contributed by atoms with Crippen molar-refractivity contribution in [1.82, 2.24) is 0 Å². The summed E-state index contributed by atoms with van der Waals surface area (Å²) in [7, 11) is 0. The molecule has 0 atom stereocenters. The molecule has 0 saturated heterocycles. The molecule has 0 aliphatic carbocycles. The molecule has 3 nitrogen and oxygen atoms in total. The number of benzene rings is 1. The lowest BCUT2D eigenvalue weighted by Gasteiger charge is -2.04. The van der Waals surface area contributed by atoms with Crippen LogP contribution in [0.3, 0.4) is 0 Å². The van der Waals surface area contributed by atoms with Crippen molar-refractivity contribution in [2.45, 2.75) is 0 Å². The Balaban J connectivity index is 2.19. The van der Waals surface area contributed by atoms with E-state index in [2.05, 4.69) is 5.32 Å². The molecule has 2 aromatic rings. The minimum absolute atomic E-state index is 0.165. The number of hydrogen-bond donors (Lipinski definition) is 2. The molecule has 3 N–H and O–H groups in total. The normalized spacial score (nSPS) is 9.88. The number of rotatable bonds is 3. The highest BCUT2D eigenvalue weighted by atomic mass is 32.1. The van der Waals surface area contributed by atoms with Crippen LogP contribution in [0.1, 0.15) is 15.9 Å². The number of nitrogens with two attached hydrogens (primary N) is 1.